The molecule has 0 saturated heterocycles. The van der Waals surface area contributed by atoms with E-state index in [9.17, 15) is 14.4 Å². The number of carbonyl (C=O) groups is 2. The Hall–Kier alpha value is -3.67. The van der Waals surface area contributed by atoms with E-state index in [0.29, 0.717) is 12.8 Å². The fourth-order valence-corrected chi connectivity index (χ4v) is 4.22. The second-order valence-corrected chi connectivity index (χ2v) is 7.59. The number of hydrogen-bond donors (Lipinski definition) is 2. The van der Waals surface area contributed by atoms with Crippen LogP contribution in [0.1, 0.15) is 24.0 Å². The summed E-state index contributed by atoms with van der Waals surface area (Å²) >= 11 is 0. The third kappa shape index (κ3) is 3.52. The molecule has 0 saturated carbocycles. The van der Waals surface area contributed by atoms with Crippen LogP contribution >= 0.6 is 0 Å². The Bertz CT molecular complexity index is 1140. The quantitative estimate of drug-likeness (QED) is 0.665. The molecular formula is C24H23N3O3. The highest BCUT2D eigenvalue weighted by molar-refractivity contribution is 6.08. The Morgan fingerprint density at radius 1 is 1.00 bits per heavy atom. The van der Waals surface area contributed by atoms with E-state index in [1.807, 2.05) is 54.6 Å². The van der Waals surface area contributed by atoms with Crippen LogP contribution in [0.2, 0.25) is 0 Å². The monoisotopic (exact) mass is 401 g/mol. The Kier molecular flexibility index (Phi) is 5.23. The maximum atomic E-state index is 13.5. The zero-order chi connectivity index (χ0) is 21.1. The summed E-state index contributed by atoms with van der Waals surface area (Å²) in [5.74, 6) is -0.308. The summed E-state index contributed by atoms with van der Waals surface area (Å²) in [5.41, 5.74) is 1.87. The number of hydrogen-bond acceptors (Lipinski definition) is 3. The maximum absolute atomic E-state index is 13.5. The van der Waals surface area contributed by atoms with Crippen LogP contribution < -0.4 is 15.8 Å². The first kappa shape index (κ1) is 19.6. The lowest BCUT2D eigenvalue weighted by Gasteiger charge is -2.28. The van der Waals surface area contributed by atoms with E-state index in [4.69, 9.17) is 0 Å². The Morgan fingerprint density at radius 3 is 2.50 bits per heavy atom. The molecule has 2 amide bonds. The molecule has 0 aliphatic carbocycles. The van der Waals surface area contributed by atoms with Crippen LogP contribution in [0.5, 0.6) is 0 Å². The molecule has 1 aromatic heterocycles. The van der Waals surface area contributed by atoms with Crippen molar-refractivity contribution in [1.29, 1.82) is 0 Å². The summed E-state index contributed by atoms with van der Waals surface area (Å²) in [5, 5.41) is 2.66. The molecule has 0 bridgehead atoms. The lowest BCUT2D eigenvalue weighted by atomic mass is 9.73. The minimum atomic E-state index is -0.826. The first-order valence-corrected chi connectivity index (χ1v) is 9.90. The second-order valence-electron chi connectivity index (χ2n) is 7.59. The third-order valence-corrected chi connectivity index (χ3v) is 5.71. The summed E-state index contributed by atoms with van der Waals surface area (Å²) in [4.78, 5) is 42.1. The summed E-state index contributed by atoms with van der Waals surface area (Å²) in [6, 6.07) is 20.8. The van der Waals surface area contributed by atoms with Crippen molar-refractivity contribution in [2.75, 3.05) is 17.3 Å². The smallest absolute Gasteiger partial charge is 0.271 e. The van der Waals surface area contributed by atoms with Crippen LogP contribution in [0, 0.1) is 0 Å². The summed E-state index contributed by atoms with van der Waals surface area (Å²) in [7, 11) is 1.78. The van der Waals surface area contributed by atoms with Crippen molar-refractivity contribution in [2.24, 2.45) is 0 Å². The number of para-hydroxylation sites is 1. The molecule has 0 unspecified atom stereocenters. The number of aromatic amines is 1. The van der Waals surface area contributed by atoms with Crippen LogP contribution in [-0.2, 0) is 21.4 Å². The zero-order valence-corrected chi connectivity index (χ0v) is 16.7. The number of pyridine rings is 1. The second kappa shape index (κ2) is 7.99. The average molecular weight is 401 g/mol. The molecule has 2 aromatic carbocycles. The first-order valence-electron chi connectivity index (χ1n) is 9.90. The number of fused-ring (bicyclic) bond motifs is 1. The number of rotatable bonds is 6. The number of anilines is 2. The summed E-state index contributed by atoms with van der Waals surface area (Å²) in [6.45, 7) is 0. The van der Waals surface area contributed by atoms with E-state index < -0.39 is 5.41 Å². The molecule has 1 aliphatic heterocycles. The normalized spacial score (nSPS) is 17.6. The fraction of sp³-hybridized carbons (Fsp3) is 0.208. The predicted octanol–water partition coefficient (Wildman–Crippen LogP) is 3.25. The predicted molar refractivity (Wildman–Crippen MR) is 117 cm³/mol. The minimum absolute atomic E-state index is 0.0158. The molecule has 1 aliphatic rings. The van der Waals surface area contributed by atoms with E-state index in [2.05, 4.69) is 10.3 Å². The van der Waals surface area contributed by atoms with Crippen molar-refractivity contribution >= 4 is 23.2 Å². The molecule has 6 heteroatoms. The van der Waals surface area contributed by atoms with Crippen LogP contribution in [-0.4, -0.2) is 23.8 Å². The van der Waals surface area contributed by atoms with Gasteiger partial charge in [0.15, 0.2) is 0 Å². The van der Waals surface area contributed by atoms with Gasteiger partial charge in [-0.3, -0.25) is 14.4 Å². The van der Waals surface area contributed by atoms with E-state index >= 15 is 0 Å². The van der Waals surface area contributed by atoms with Crippen molar-refractivity contribution in [3.05, 3.63) is 94.4 Å². The van der Waals surface area contributed by atoms with E-state index in [1.54, 1.807) is 24.1 Å². The Balaban J connectivity index is 1.64. The van der Waals surface area contributed by atoms with Crippen LogP contribution in [0.25, 0.3) is 0 Å². The van der Waals surface area contributed by atoms with Crippen molar-refractivity contribution < 1.29 is 9.59 Å². The highest BCUT2D eigenvalue weighted by Crippen LogP contribution is 2.46. The number of carbonyl (C=O) groups excluding carboxylic acids is 2. The standard InChI is InChI=1S/C24H23N3O3/c1-27-20-12-6-5-10-18(20)24(23(27)30,16-17-8-3-2-4-9-17)14-13-21(28)26-19-11-7-15-25-22(19)29/h2-12,15H,13-14,16H2,1H3,(H,25,29)(H,26,28)/t24-/m1/s1. The number of nitrogens with zero attached hydrogens (tertiary/aromatic N) is 1. The summed E-state index contributed by atoms with van der Waals surface area (Å²) in [6.07, 6.45) is 2.48. The maximum Gasteiger partial charge on any atom is 0.271 e. The van der Waals surface area contributed by atoms with Gasteiger partial charge in [0.1, 0.15) is 5.69 Å². The SMILES string of the molecule is CN1C(=O)[C@](CCC(=O)Nc2ccc[nH]c2=O)(Cc2ccccc2)c2ccccc21. The van der Waals surface area contributed by atoms with Gasteiger partial charge in [0.2, 0.25) is 11.8 Å². The Morgan fingerprint density at radius 2 is 1.73 bits per heavy atom. The van der Waals surface area contributed by atoms with Gasteiger partial charge in [0.25, 0.3) is 5.56 Å². The number of amides is 2. The van der Waals surface area contributed by atoms with Gasteiger partial charge < -0.3 is 15.2 Å². The molecule has 3 aromatic rings. The molecule has 0 fully saturated rings. The molecular weight excluding hydrogens is 378 g/mol. The van der Waals surface area contributed by atoms with Gasteiger partial charge in [0.05, 0.1) is 5.41 Å². The van der Waals surface area contributed by atoms with Gasteiger partial charge in [0, 0.05) is 25.4 Å². The third-order valence-electron chi connectivity index (χ3n) is 5.71. The van der Waals surface area contributed by atoms with Gasteiger partial charge in [-0.05, 0) is 42.2 Å². The highest BCUT2D eigenvalue weighted by atomic mass is 16.2. The summed E-state index contributed by atoms with van der Waals surface area (Å²) < 4.78 is 0. The van der Waals surface area contributed by atoms with E-state index in [1.165, 1.54) is 6.20 Å². The molecule has 30 heavy (non-hydrogen) atoms. The van der Waals surface area contributed by atoms with Crippen LogP contribution in [0.3, 0.4) is 0 Å². The topological polar surface area (TPSA) is 82.3 Å². The van der Waals surface area contributed by atoms with E-state index in [0.717, 1.165) is 16.8 Å². The van der Waals surface area contributed by atoms with Crippen molar-refractivity contribution in [3.8, 4) is 0 Å². The van der Waals surface area contributed by atoms with Gasteiger partial charge in [-0.1, -0.05) is 48.5 Å². The van der Waals surface area contributed by atoms with Crippen molar-refractivity contribution in [3.63, 3.8) is 0 Å². The lowest BCUT2D eigenvalue weighted by molar-refractivity contribution is -0.123. The van der Waals surface area contributed by atoms with Gasteiger partial charge in [-0.25, -0.2) is 0 Å². The number of benzene rings is 2. The van der Waals surface area contributed by atoms with Crippen LogP contribution in [0.4, 0.5) is 11.4 Å². The lowest BCUT2D eigenvalue weighted by Crippen LogP contribution is -2.41. The molecule has 2 heterocycles. The fourth-order valence-electron chi connectivity index (χ4n) is 4.22. The molecule has 0 radical (unpaired) electrons. The minimum Gasteiger partial charge on any atom is -0.327 e. The number of likely N-dealkylation sites (N-methyl/N-ethyl adjacent to an activating group) is 1. The van der Waals surface area contributed by atoms with Gasteiger partial charge in [-0.2, -0.15) is 0 Å². The molecule has 4 rings (SSSR count). The molecule has 2 N–H and O–H groups in total. The number of H-pyrrole nitrogens is 1. The number of nitrogens with one attached hydrogen (secondary N) is 2. The average Bonchev–Trinajstić information content (AvgIpc) is 2.97. The largest absolute Gasteiger partial charge is 0.327 e. The molecule has 6 nitrogen and oxygen atoms in total. The highest BCUT2D eigenvalue weighted by Gasteiger charge is 2.49. The van der Waals surface area contributed by atoms with Crippen molar-refractivity contribution in [1.82, 2.24) is 4.98 Å². The molecule has 1 atom stereocenters. The van der Waals surface area contributed by atoms with E-state index in [-0.39, 0.29) is 29.5 Å². The van der Waals surface area contributed by atoms with Crippen LogP contribution in [0.15, 0.2) is 77.7 Å². The Labute approximate surface area is 174 Å². The molecule has 152 valence electrons. The van der Waals surface area contributed by atoms with Gasteiger partial charge >= 0.3 is 0 Å². The van der Waals surface area contributed by atoms with Gasteiger partial charge in [-0.15, -0.1) is 0 Å². The number of aromatic nitrogens is 1. The zero-order valence-electron chi connectivity index (χ0n) is 16.7. The van der Waals surface area contributed by atoms with Crippen molar-refractivity contribution in [2.45, 2.75) is 24.7 Å². The first-order chi connectivity index (χ1) is 14.5. The molecule has 0 spiro atoms.